The molecule has 1 spiro atoms. The van der Waals surface area contributed by atoms with Gasteiger partial charge < -0.3 is 15.2 Å². The summed E-state index contributed by atoms with van der Waals surface area (Å²) in [5.41, 5.74) is 2.39. The lowest BCUT2D eigenvalue weighted by atomic mass is 9.49. The molecule has 4 rings (SSSR count). The Morgan fingerprint density at radius 3 is 2.65 bits per heavy atom. The molecule has 5 heteroatoms. The van der Waals surface area contributed by atoms with Crippen molar-refractivity contribution in [2.75, 3.05) is 0 Å². The fourth-order valence-corrected chi connectivity index (χ4v) is 5.35. The first-order valence-electron chi connectivity index (χ1n) is 10.4. The Bertz CT molecular complexity index is 651. The van der Waals surface area contributed by atoms with Crippen molar-refractivity contribution in [3.63, 3.8) is 0 Å². The van der Waals surface area contributed by atoms with E-state index in [4.69, 9.17) is 4.52 Å². The van der Waals surface area contributed by atoms with Crippen molar-refractivity contribution in [1.29, 1.82) is 0 Å². The van der Waals surface area contributed by atoms with E-state index in [1.807, 2.05) is 6.92 Å². The Morgan fingerprint density at radius 1 is 1.23 bits per heavy atom. The lowest BCUT2D eigenvalue weighted by molar-refractivity contribution is -0.134. The van der Waals surface area contributed by atoms with Crippen molar-refractivity contribution in [3.8, 4) is 0 Å². The van der Waals surface area contributed by atoms with Crippen molar-refractivity contribution in [2.45, 2.75) is 84.3 Å². The minimum absolute atomic E-state index is 0.227. The summed E-state index contributed by atoms with van der Waals surface area (Å²) >= 11 is 0. The predicted molar refractivity (Wildman–Crippen MR) is 100 cm³/mol. The van der Waals surface area contributed by atoms with Crippen LogP contribution in [0.5, 0.6) is 0 Å². The first-order valence-corrected chi connectivity index (χ1v) is 10.4. The Kier molecular flexibility index (Phi) is 4.84. The fraction of sp³-hybridized carbons (Fsp3) is 0.810. The molecule has 2 N–H and O–H groups in total. The smallest absolute Gasteiger partial charge is 0.223 e. The molecule has 0 saturated heterocycles. The Labute approximate surface area is 156 Å². The molecule has 3 fully saturated rings. The van der Waals surface area contributed by atoms with Gasteiger partial charge >= 0.3 is 0 Å². The number of aryl methyl sites for hydroxylation is 1. The summed E-state index contributed by atoms with van der Waals surface area (Å²) in [6.07, 6.45) is 9.85. The molecule has 1 heterocycles. The predicted octanol–water partition coefficient (Wildman–Crippen LogP) is 3.57. The monoisotopic (exact) mass is 359 g/mol. The summed E-state index contributed by atoms with van der Waals surface area (Å²) in [6, 6.07) is 0.862. The molecule has 144 valence electrons. The Hall–Kier alpha value is -1.36. The van der Waals surface area contributed by atoms with Crippen molar-refractivity contribution in [2.24, 2.45) is 23.2 Å². The molecular weight excluding hydrogens is 326 g/mol. The van der Waals surface area contributed by atoms with E-state index in [0.29, 0.717) is 23.9 Å². The lowest BCUT2D eigenvalue weighted by Gasteiger charge is -2.62. The summed E-state index contributed by atoms with van der Waals surface area (Å²) in [7, 11) is 0. The number of nitrogens with one attached hydrogen (secondary N) is 2. The Morgan fingerprint density at radius 2 is 2.04 bits per heavy atom. The first kappa shape index (κ1) is 18.0. The second-order valence-electron chi connectivity index (χ2n) is 9.21. The molecule has 1 aromatic rings. The van der Waals surface area contributed by atoms with Crippen molar-refractivity contribution in [1.82, 2.24) is 15.8 Å². The SMILES string of the molecule is Cc1nocc1CNC1CC(NC(=O)C2CCC(C)C(C)C2)C12CCC2. The van der Waals surface area contributed by atoms with Gasteiger partial charge in [-0.1, -0.05) is 25.4 Å². The van der Waals surface area contributed by atoms with Crippen LogP contribution in [0.25, 0.3) is 0 Å². The third-order valence-corrected chi connectivity index (χ3v) is 7.82. The van der Waals surface area contributed by atoms with Crippen LogP contribution in [0.3, 0.4) is 0 Å². The molecule has 5 unspecified atom stereocenters. The minimum atomic E-state index is 0.227. The van der Waals surface area contributed by atoms with E-state index in [1.54, 1.807) is 6.26 Å². The molecule has 26 heavy (non-hydrogen) atoms. The molecule has 5 nitrogen and oxygen atoms in total. The average Bonchev–Trinajstić information content (AvgIpc) is 2.96. The topological polar surface area (TPSA) is 67.2 Å². The number of carbonyl (C=O) groups is 1. The highest BCUT2D eigenvalue weighted by Gasteiger charge is 2.58. The number of carbonyl (C=O) groups excluding carboxylic acids is 1. The number of hydrogen-bond donors (Lipinski definition) is 2. The van der Waals surface area contributed by atoms with Crippen LogP contribution in [0, 0.1) is 30.1 Å². The summed E-state index contributed by atoms with van der Waals surface area (Å²) in [5, 5.41) is 11.1. The van der Waals surface area contributed by atoms with E-state index < -0.39 is 0 Å². The average molecular weight is 360 g/mol. The van der Waals surface area contributed by atoms with E-state index in [1.165, 1.54) is 25.7 Å². The van der Waals surface area contributed by atoms with Gasteiger partial charge in [0.25, 0.3) is 0 Å². The van der Waals surface area contributed by atoms with Gasteiger partial charge in [-0.25, -0.2) is 0 Å². The molecule has 0 aliphatic heterocycles. The van der Waals surface area contributed by atoms with Crippen LogP contribution in [0.1, 0.15) is 70.1 Å². The normalized spacial score (nSPS) is 35.6. The third-order valence-electron chi connectivity index (χ3n) is 7.82. The van der Waals surface area contributed by atoms with Crippen LogP contribution in [0.4, 0.5) is 0 Å². The van der Waals surface area contributed by atoms with Gasteiger partial charge in [-0.05, 0) is 57.3 Å². The van der Waals surface area contributed by atoms with Crippen LogP contribution in [0.2, 0.25) is 0 Å². The molecule has 3 aliphatic carbocycles. The summed E-state index contributed by atoms with van der Waals surface area (Å²) in [5.74, 6) is 1.97. The summed E-state index contributed by atoms with van der Waals surface area (Å²) in [6.45, 7) is 7.41. The zero-order chi connectivity index (χ0) is 18.3. The zero-order valence-corrected chi connectivity index (χ0v) is 16.4. The van der Waals surface area contributed by atoms with E-state index >= 15 is 0 Å². The van der Waals surface area contributed by atoms with E-state index in [0.717, 1.165) is 43.0 Å². The second-order valence-corrected chi connectivity index (χ2v) is 9.21. The van der Waals surface area contributed by atoms with Crippen LogP contribution >= 0.6 is 0 Å². The number of nitrogens with zero attached hydrogens (tertiary/aromatic N) is 1. The van der Waals surface area contributed by atoms with Gasteiger partial charge in [-0.15, -0.1) is 0 Å². The molecule has 0 bridgehead atoms. The molecular formula is C21H33N3O2. The summed E-state index contributed by atoms with van der Waals surface area (Å²) < 4.78 is 5.03. The lowest BCUT2D eigenvalue weighted by Crippen LogP contribution is -2.71. The maximum absolute atomic E-state index is 12.8. The molecule has 0 aromatic carbocycles. The number of amides is 1. The zero-order valence-electron chi connectivity index (χ0n) is 16.4. The van der Waals surface area contributed by atoms with Gasteiger partial charge in [0.15, 0.2) is 0 Å². The summed E-state index contributed by atoms with van der Waals surface area (Å²) in [4.78, 5) is 12.8. The van der Waals surface area contributed by atoms with Crippen molar-refractivity contribution >= 4 is 5.91 Å². The minimum Gasteiger partial charge on any atom is -0.364 e. The largest absolute Gasteiger partial charge is 0.364 e. The highest BCUT2D eigenvalue weighted by Crippen LogP contribution is 2.56. The van der Waals surface area contributed by atoms with Crippen molar-refractivity contribution in [3.05, 3.63) is 17.5 Å². The van der Waals surface area contributed by atoms with E-state index in [2.05, 4.69) is 29.6 Å². The van der Waals surface area contributed by atoms with Crippen LogP contribution < -0.4 is 10.6 Å². The number of aromatic nitrogens is 1. The van der Waals surface area contributed by atoms with Gasteiger partial charge in [-0.3, -0.25) is 4.79 Å². The quantitative estimate of drug-likeness (QED) is 0.843. The molecule has 3 saturated carbocycles. The van der Waals surface area contributed by atoms with Gasteiger partial charge in [0.2, 0.25) is 5.91 Å². The van der Waals surface area contributed by atoms with Crippen molar-refractivity contribution < 1.29 is 9.32 Å². The highest BCUT2D eigenvalue weighted by atomic mass is 16.5. The molecule has 5 atom stereocenters. The number of rotatable bonds is 5. The van der Waals surface area contributed by atoms with Gasteiger partial charge in [0, 0.05) is 35.5 Å². The fourth-order valence-electron chi connectivity index (χ4n) is 5.35. The second kappa shape index (κ2) is 6.99. The molecule has 1 aromatic heterocycles. The number of hydrogen-bond acceptors (Lipinski definition) is 4. The molecule has 0 radical (unpaired) electrons. The van der Waals surface area contributed by atoms with Gasteiger partial charge in [0.05, 0.1) is 5.69 Å². The van der Waals surface area contributed by atoms with Crippen LogP contribution in [-0.2, 0) is 11.3 Å². The first-order chi connectivity index (χ1) is 12.5. The van der Waals surface area contributed by atoms with E-state index in [9.17, 15) is 4.79 Å². The van der Waals surface area contributed by atoms with E-state index in [-0.39, 0.29) is 11.3 Å². The maximum Gasteiger partial charge on any atom is 0.223 e. The van der Waals surface area contributed by atoms with Gasteiger partial charge in [0.1, 0.15) is 6.26 Å². The Balaban J connectivity index is 1.31. The van der Waals surface area contributed by atoms with Crippen LogP contribution in [0.15, 0.2) is 10.8 Å². The third kappa shape index (κ3) is 3.08. The molecule has 1 amide bonds. The highest BCUT2D eigenvalue weighted by molar-refractivity contribution is 5.79. The maximum atomic E-state index is 12.8. The van der Waals surface area contributed by atoms with Gasteiger partial charge in [-0.2, -0.15) is 0 Å². The standard InChI is InChI=1S/C21H33N3O2/c1-13-5-6-16(9-14(13)2)20(25)23-19-10-18(21(19)7-4-8-21)22-11-17-12-26-24-15(17)3/h12-14,16,18-19,22H,4-11H2,1-3H3,(H,23,25). The van der Waals surface area contributed by atoms with Crippen LogP contribution in [-0.4, -0.2) is 23.1 Å². The molecule has 3 aliphatic rings.